The number of nitriles is 1. The maximum Gasteiger partial charge on any atom is 0.401 e. The zero-order valence-corrected chi connectivity index (χ0v) is 12.0. The first kappa shape index (κ1) is 15.9. The van der Waals surface area contributed by atoms with Gasteiger partial charge in [-0.05, 0) is 31.0 Å². The molecule has 1 aliphatic rings. The van der Waals surface area contributed by atoms with Crippen molar-refractivity contribution in [3.8, 4) is 6.07 Å². The van der Waals surface area contributed by atoms with Crippen molar-refractivity contribution >= 4 is 17.3 Å². The highest BCUT2D eigenvalue weighted by Gasteiger charge is 2.32. The quantitative estimate of drug-likeness (QED) is 0.925. The lowest BCUT2D eigenvalue weighted by Crippen LogP contribution is -2.43. The van der Waals surface area contributed by atoms with E-state index < -0.39 is 12.7 Å². The van der Waals surface area contributed by atoms with Gasteiger partial charge in [-0.3, -0.25) is 4.90 Å². The minimum absolute atomic E-state index is 0.0971. The molecule has 0 radical (unpaired) electrons. The molecule has 1 heterocycles. The monoisotopic (exact) mass is 317 g/mol. The van der Waals surface area contributed by atoms with Crippen LogP contribution in [0.3, 0.4) is 0 Å². The molecule has 1 aliphatic heterocycles. The third-order valence-corrected chi connectivity index (χ3v) is 3.76. The first-order valence-electron chi connectivity index (χ1n) is 6.62. The fourth-order valence-corrected chi connectivity index (χ4v) is 2.65. The van der Waals surface area contributed by atoms with Gasteiger partial charge in [0.25, 0.3) is 0 Å². The highest BCUT2D eigenvalue weighted by atomic mass is 35.5. The van der Waals surface area contributed by atoms with Crippen molar-refractivity contribution in [2.45, 2.75) is 25.1 Å². The Balaban J connectivity index is 1.88. The Labute approximate surface area is 126 Å². The van der Waals surface area contributed by atoms with Crippen LogP contribution >= 0.6 is 11.6 Å². The molecule has 0 aromatic heterocycles. The van der Waals surface area contributed by atoms with Gasteiger partial charge in [0.2, 0.25) is 0 Å². The highest BCUT2D eigenvalue weighted by molar-refractivity contribution is 6.33. The summed E-state index contributed by atoms with van der Waals surface area (Å²) < 4.78 is 36.9. The van der Waals surface area contributed by atoms with Gasteiger partial charge < -0.3 is 5.32 Å². The molecule has 1 aromatic carbocycles. The SMILES string of the molecule is N#Cc1ccc(NC2CCN(CC(F)(F)F)CC2)c(Cl)c1. The Morgan fingerprint density at radius 3 is 2.52 bits per heavy atom. The van der Waals surface area contributed by atoms with Crippen LogP contribution in [0.4, 0.5) is 18.9 Å². The van der Waals surface area contributed by atoms with Crippen LogP contribution in [0, 0.1) is 11.3 Å². The molecular formula is C14H15ClF3N3. The van der Waals surface area contributed by atoms with E-state index in [1.807, 2.05) is 6.07 Å². The number of nitrogens with zero attached hydrogens (tertiary/aromatic N) is 2. The van der Waals surface area contributed by atoms with Crippen molar-refractivity contribution in [3.05, 3.63) is 28.8 Å². The molecule has 114 valence electrons. The summed E-state index contributed by atoms with van der Waals surface area (Å²) in [4.78, 5) is 1.42. The van der Waals surface area contributed by atoms with Crippen LogP contribution < -0.4 is 5.32 Å². The smallest absolute Gasteiger partial charge is 0.381 e. The lowest BCUT2D eigenvalue weighted by molar-refractivity contribution is -0.147. The molecule has 2 rings (SSSR count). The fourth-order valence-electron chi connectivity index (χ4n) is 2.41. The number of alkyl halides is 3. The summed E-state index contributed by atoms with van der Waals surface area (Å²) in [5.41, 5.74) is 1.19. The molecule has 3 nitrogen and oxygen atoms in total. The van der Waals surface area contributed by atoms with E-state index in [1.54, 1.807) is 18.2 Å². The maximum absolute atomic E-state index is 12.3. The Bertz CT molecular complexity index is 531. The lowest BCUT2D eigenvalue weighted by Gasteiger charge is -2.33. The third kappa shape index (κ3) is 4.80. The summed E-state index contributed by atoms with van der Waals surface area (Å²) in [6.07, 6.45) is -2.88. The van der Waals surface area contributed by atoms with Crippen LogP contribution in [-0.4, -0.2) is 36.8 Å². The Kier molecular flexibility index (Phi) is 4.96. The van der Waals surface area contributed by atoms with E-state index >= 15 is 0 Å². The second kappa shape index (κ2) is 6.54. The summed E-state index contributed by atoms with van der Waals surface area (Å²) in [7, 11) is 0. The number of piperidine rings is 1. The van der Waals surface area contributed by atoms with Crippen molar-refractivity contribution in [1.29, 1.82) is 5.26 Å². The van der Waals surface area contributed by atoms with E-state index in [2.05, 4.69) is 5.32 Å². The molecule has 1 fully saturated rings. The topological polar surface area (TPSA) is 39.1 Å². The molecule has 0 amide bonds. The average molecular weight is 318 g/mol. The molecule has 1 aromatic rings. The molecule has 0 spiro atoms. The van der Waals surface area contributed by atoms with E-state index in [1.165, 1.54) is 4.90 Å². The average Bonchev–Trinajstić information content (AvgIpc) is 2.41. The molecule has 1 saturated heterocycles. The molecule has 0 bridgehead atoms. The van der Waals surface area contributed by atoms with Crippen molar-refractivity contribution in [3.63, 3.8) is 0 Å². The standard InChI is InChI=1S/C14H15ClF3N3/c15-12-7-10(8-19)1-2-13(12)20-11-3-5-21(6-4-11)9-14(16,17)18/h1-2,7,11,20H,3-6,9H2. The maximum atomic E-state index is 12.3. The number of anilines is 1. The van der Waals surface area contributed by atoms with Crippen molar-refractivity contribution < 1.29 is 13.2 Å². The Morgan fingerprint density at radius 1 is 1.33 bits per heavy atom. The largest absolute Gasteiger partial charge is 0.401 e. The molecule has 0 aliphatic carbocycles. The molecular weight excluding hydrogens is 303 g/mol. The van der Waals surface area contributed by atoms with Crippen LogP contribution in [0.2, 0.25) is 5.02 Å². The minimum atomic E-state index is -4.14. The number of hydrogen-bond donors (Lipinski definition) is 1. The van der Waals surface area contributed by atoms with Crippen LogP contribution in [-0.2, 0) is 0 Å². The van der Waals surface area contributed by atoms with Crippen molar-refractivity contribution in [1.82, 2.24) is 4.90 Å². The first-order valence-corrected chi connectivity index (χ1v) is 7.00. The summed E-state index contributed by atoms with van der Waals surface area (Å²) in [6, 6.07) is 7.05. The highest BCUT2D eigenvalue weighted by Crippen LogP contribution is 2.26. The molecule has 21 heavy (non-hydrogen) atoms. The molecule has 0 saturated carbocycles. The summed E-state index contributed by atoms with van der Waals surface area (Å²) in [5, 5.41) is 12.5. The van der Waals surface area contributed by atoms with Gasteiger partial charge in [-0.15, -0.1) is 0 Å². The van der Waals surface area contributed by atoms with Crippen LogP contribution in [0.5, 0.6) is 0 Å². The van der Waals surface area contributed by atoms with Crippen LogP contribution in [0.1, 0.15) is 18.4 Å². The number of nitrogens with one attached hydrogen (secondary N) is 1. The minimum Gasteiger partial charge on any atom is -0.381 e. The Morgan fingerprint density at radius 2 is 2.00 bits per heavy atom. The second-order valence-corrected chi connectivity index (χ2v) is 5.52. The van der Waals surface area contributed by atoms with Crippen LogP contribution in [0.25, 0.3) is 0 Å². The number of halogens is 4. The van der Waals surface area contributed by atoms with Crippen LogP contribution in [0.15, 0.2) is 18.2 Å². The zero-order chi connectivity index (χ0) is 15.5. The van der Waals surface area contributed by atoms with Gasteiger partial charge in [0.05, 0.1) is 28.9 Å². The second-order valence-electron chi connectivity index (χ2n) is 5.12. The molecule has 0 atom stereocenters. The van der Waals surface area contributed by atoms with Gasteiger partial charge in [0.1, 0.15) is 0 Å². The number of likely N-dealkylation sites (tertiary alicyclic amines) is 1. The fraction of sp³-hybridized carbons (Fsp3) is 0.500. The lowest BCUT2D eigenvalue weighted by atomic mass is 10.0. The molecule has 1 N–H and O–H groups in total. The number of rotatable bonds is 3. The van der Waals surface area contributed by atoms with Gasteiger partial charge in [-0.25, -0.2) is 0 Å². The summed E-state index contributed by atoms with van der Waals surface area (Å²) >= 11 is 6.07. The van der Waals surface area contributed by atoms with Crippen molar-refractivity contribution in [2.24, 2.45) is 0 Å². The first-order chi connectivity index (χ1) is 9.87. The number of benzene rings is 1. The van der Waals surface area contributed by atoms with Crippen molar-refractivity contribution in [2.75, 3.05) is 25.0 Å². The molecule has 7 heteroatoms. The van der Waals surface area contributed by atoms with E-state index in [0.717, 1.165) is 0 Å². The molecule has 0 unspecified atom stereocenters. The van der Waals surface area contributed by atoms with E-state index in [0.29, 0.717) is 42.2 Å². The van der Waals surface area contributed by atoms with Gasteiger partial charge in [0.15, 0.2) is 0 Å². The predicted octanol–water partition coefficient (Wildman–Crippen LogP) is 3.65. The Hall–Kier alpha value is -1.45. The number of hydrogen-bond acceptors (Lipinski definition) is 3. The van der Waals surface area contributed by atoms with Gasteiger partial charge in [-0.1, -0.05) is 11.6 Å². The summed E-state index contributed by atoms with van der Waals surface area (Å²) in [5.74, 6) is 0. The van der Waals surface area contributed by atoms with E-state index in [9.17, 15) is 13.2 Å². The van der Waals surface area contributed by atoms with E-state index in [4.69, 9.17) is 16.9 Å². The zero-order valence-electron chi connectivity index (χ0n) is 11.3. The predicted molar refractivity (Wildman–Crippen MR) is 75.3 cm³/mol. The van der Waals surface area contributed by atoms with Gasteiger partial charge >= 0.3 is 6.18 Å². The van der Waals surface area contributed by atoms with Gasteiger partial charge in [0, 0.05) is 19.1 Å². The van der Waals surface area contributed by atoms with E-state index in [-0.39, 0.29) is 6.04 Å². The summed E-state index contributed by atoms with van der Waals surface area (Å²) in [6.45, 7) is -0.0342. The third-order valence-electron chi connectivity index (χ3n) is 3.45. The normalized spacial score (nSPS) is 17.5. The van der Waals surface area contributed by atoms with Gasteiger partial charge in [-0.2, -0.15) is 18.4 Å².